The van der Waals surface area contributed by atoms with Crippen LogP contribution in [0.1, 0.15) is 16.7 Å². The summed E-state index contributed by atoms with van der Waals surface area (Å²) in [5.74, 6) is 0.0201. The number of phenolic OH excluding ortho intramolecular Hbond substituents is 1. The Morgan fingerprint density at radius 3 is 2.52 bits per heavy atom. The highest BCUT2D eigenvalue weighted by atomic mass is 32.2. The molecule has 0 spiro atoms. The standard InChI is InChI=1S/C15H14N2O3S/c1-10-8-12(9-16)6-7-15(10)21(19,20)17-13-4-3-5-14(18)11(13)2/h3-8,17-18H,1-2H3. The highest BCUT2D eigenvalue weighted by Gasteiger charge is 2.18. The van der Waals surface area contributed by atoms with Gasteiger partial charge in [0.2, 0.25) is 0 Å². The third-order valence-corrected chi connectivity index (χ3v) is 4.67. The molecule has 0 bridgehead atoms. The maximum absolute atomic E-state index is 12.4. The SMILES string of the molecule is Cc1cc(C#N)ccc1S(=O)(=O)Nc1cccc(O)c1C. The van der Waals surface area contributed by atoms with Crippen molar-refractivity contribution >= 4 is 15.7 Å². The molecule has 2 N–H and O–H groups in total. The van der Waals surface area contributed by atoms with Gasteiger partial charge in [-0.2, -0.15) is 5.26 Å². The summed E-state index contributed by atoms with van der Waals surface area (Å²) in [6.07, 6.45) is 0. The summed E-state index contributed by atoms with van der Waals surface area (Å²) < 4.78 is 27.3. The minimum Gasteiger partial charge on any atom is -0.508 e. The van der Waals surface area contributed by atoms with E-state index in [1.165, 1.54) is 24.3 Å². The predicted octanol–water partition coefficient (Wildman–Crippen LogP) is 2.68. The molecular formula is C15H14N2O3S. The number of benzene rings is 2. The van der Waals surface area contributed by atoms with Crippen molar-refractivity contribution in [2.24, 2.45) is 0 Å². The van der Waals surface area contributed by atoms with Crippen molar-refractivity contribution in [2.75, 3.05) is 4.72 Å². The van der Waals surface area contributed by atoms with Gasteiger partial charge in [-0.1, -0.05) is 6.07 Å². The molecule has 0 aliphatic rings. The molecule has 0 aliphatic heterocycles. The molecule has 0 saturated heterocycles. The lowest BCUT2D eigenvalue weighted by molar-refractivity contribution is 0.471. The Bertz CT molecular complexity index is 836. The Labute approximate surface area is 123 Å². The molecule has 5 nitrogen and oxygen atoms in total. The summed E-state index contributed by atoms with van der Waals surface area (Å²) in [6, 6.07) is 11.0. The van der Waals surface area contributed by atoms with Crippen LogP contribution in [0.3, 0.4) is 0 Å². The maximum Gasteiger partial charge on any atom is 0.262 e. The van der Waals surface area contributed by atoms with Crippen molar-refractivity contribution in [3.05, 3.63) is 53.1 Å². The Balaban J connectivity index is 2.44. The van der Waals surface area contributed by atoms with Crippen LogP contribution in [0.2, 0.25) is 0 Å². The zero-order chi connectivity index (χ0) is 15.6. The summed E-state index contributed by atoms with van der Waals surface area (Å²) >= 11 is 0. The number of anilines is 1. The van der Waals surface area contributed by atoms with E-state index in [4.69, 9.17) is 5.26 Å². The van der Waals surface area contributed by atoms with E-state index >= 15 is 0 Å². The summed E-state index contributed by atoms with van der Waals surface area (Å²) in [6.45, 7) is 3.25. The Morgan fingerprint density at radius 2 is 1.90 bits per heavy atom. The van der Waals surface area contributed by atoms with Crippen LogP contribution >= 0.6 is 0 Å². The molecule has 0 fully saturated rings. The summed E-state index contributed by atoms with van der Waals surface area (Å²) in [4.78, 5) is 0.101. The molecule has 0 heterocycles. The number of nitrogens with one attached hydrogen (secondary N) is 1. The first-order chi connectivity index (χ1) is 9.85. The normalized spacial score (nSPS) is 10.9. The van der Waals surface area contributed by atoms with Gasteiger partial charge < -0.3 is 5.11 Å². The fourth-order valence-corrected chi connectivity index (χ4v) is 3.30. The molecule has 2 aromatic carbocycles. The molecule has 0 saturated carbocycles. The van der Waals surface area contributed by atoms with Gasteiger partial charge in [0.15, 0.2) is 0 Å². The Hall–Kier alpha value is -2.52. The fourth-order valence-electron chi connectivity index (χ4n) is 1.95. The molecule has 108 valence electrons. The molecule has 0 radical (unpaired) electrons. The van der Waals surface area contributed by atoms with E-state index in [9.17, 15) is 13.5 Å². The van der Waals surface area contributed by atoms with Crippen LogP contribution in [0.5, 0.6) is 5.75 Å². The van der Waals surface area contributed by atoms with Gasteiger partial charge >= 0.3 is 0 Å². The van der Waals surface area contributed by atoms with Crippen LogP contribution in [-0.2, 0) is 10.0 Å². The van der Waals surface area contributed by atoms with Crippen LogP contribution in [0.4, 0.5) is 5.69 Å². The quantitative estimate of drug-likeness (QED) is 0.912. The molecule has 6 heteroatoms. The van der Waals surface area contributed by atoms with Crippen molar-refractivity contribution in [1.29, 1.82) is 5.26 Å². The summed E-state index contributed by atoms with van der Waals surface area (Å²) in [7, 11) is -3.78. The summed E-state index contributed by atoms with van der Waals surface area (Å²) in [5.41, 5.74) is 1.66. The number of aromatic hydroxyl groups is 1. The minimum absolute atomic E-state index is 0.0201. The maximum atomic E-state index is 12.4. The van der Waals surface area contributed by atoms with Gasteiger partial charge in [-0.3, -0.25) is 4.72 Å². The molecule has 2 rings (SSSR count). The van der Waals surface area contributed by atoms with Crippen molar-refractivity contribution in [3.63, 3.8) is 0 Å². The van der Waals surface area contributed by atoms with Crippen molar-refractivity contribution < 1.29 is 13.5 Å². The predicted molar refractivity (Wildman–Crippen MR) is 79.5 cm³/mol. The van der Waals surface area contributed by atoms with E-state index in [0.717, 1.165) is 0 Å². The topological polar surface area (TPSA) is 90.2 Å². The largest absolute Gasteiger partial charge is 0.508 e. The molecule has 0 atom stereocenters. The molecule has 0 unspecified atom stereocenters. The lowest BCUT2D eigenvalue weighted by Gasteiger charge is -2.13. The number of nitriles is 1. The van der Waals surface area contributed by atoms with Crippen LogP contribution < -0.4 is 4.72 Å². The van der Waals surface area contributed by atoms with Crippen LogP contribution in [0.15, 0.2) is 41.3 Å². The number of sulfonamides is 1. The monoisotopic (exact) mass is 302 g/mol. The van der Waals surface area contributed by atoms with Crippen LogP contribution in [0, 0.1) is 25.2 Å². The number of aryl methyl sites for hydroxylation is 1. The zero-order valence-corrected chi connectivity index (χ0v) is 12.4. The van der Waals surface area contributed by atoms with E-state index in [2.05, 4.69) is 4.72 Å². The number of hydrogen-bond acceptors (Lipinski definition) is 4. The van der Waals surface area contributed by atoms with E-state index in [1.54, 1.807) is 26.0 Å². The molecule has 21 heavy (non-hydrogen) atoms. The second-order valence-corrected chi connectivity index (χ2v) is 6.30. The smallest absolute Gasteiger partial charge is 0.262 e. The van der Waals surface area contributed by atoms with E-state index in [-0.39, 0.29) is 10.6 Å². The van der Waals surface area contributed by atoms with Gasteiger partial charge in [-0.25, -0.2) is 8.42 Å². The van der Waals surface area contributed by atoms with E-state index in [0.29, 0.717) is 22.4 Å². The van der Waals surface area contributed by atoms with Crippen molar-refractivity contribution in [1.82, 2.24) is 0 Å². The van der Waals surface area contributed by atoms with Gasteiger partial charge in [0, 0.05) is 5.56 Å². The summed E-state index contributed by atoms with van der Waals surface area (Å²) in [5, 5.41) is 18.4. The van der Waals surface area contributed by atoms with Gasteiger partial charge in [0.05, 0.1) is 22.2 Å². The second-order valence-electron chi connectivity index (χ2n) is 4.65. The van der Waals surface area contributed by atoms with Gasteiger partial charge in [0.25, 0.3) is 10.0 Å². The lowest BCUT2D eigenvalue weighted by Crippen LogP contribution is -2.15. The van der Waals surface area contributed by atoms with E-state index < -0.39 is 10.0 Å². The number of phenols is 1. The fraction of sp³-hybridized carbons (Fsp3) is 0.133. The highest BCUT2D eigenvalue weighted by molar-refractivity contribution is 7.92. The number of hydrogen-bond donors (Lipinski definition) is 2. The minimum atomic E-state index is -3.78. The number of nitrogens with zero attached hydrogens (tertiary/aromatic N) is 1. The van der Waals surface area contributed by atoms with Gasteiger partial charge in [-0.05, 0) is 49.7 Å². The van der Waals surface area contributed by atoms with Gasteiger partial charge in [0.1, 0.15) is 5.75 Å². The van der Waals surface area contributed by atoms with Crippen molar-refractivity contribution in [2.45, 2.75) is 18.7 Å². The first-order valence-electron chi connectivity index (χ1n) is 6.17. The lowest BCUT2D eigenvalue weighted by atomic mass is 10.2. The molecule has 0 aromatic heterocycles. The Morgan fingerprint density at radius 1 is 1.19 bits per heavy atom. The van der Waals surface area contributed by atoms with Crippen LogP contribution in [-0.4, -0.2) is 13.5 Å². The van der Waals surface area contributed by atoms with Crippen molar-refractivity contribution in [3.8, 4) is 11.8 Å². The first kappa shape index (κ1) is 14.9. The zero-order valence-electron chi connectivity index (χ0n) is 11.6. The average molecular weight is 302 g/mol. The number of rotatable bonds is 3. The third kappa shape index (κ3) is 2.98. The van der Waals surface area contributed by atoms with Gasteiger partial charge in [-0.15, -0.1) is 0 Å². The second kappa shape index (κ2) is 5.46. The Kier molecular flexibility index (Phi) is 3.87. The van der Waals surface area contributed by atoms with Crippen LogP contribution in [0.25, 0.3) is 0 Å². The molecule has 0 amide bonds. The molecule has 0 aliphatic carbocycles. The van der Waals surface area contributed by atoms with E-state index in [1.807, 2.05) is 6.07 Å². The third-order valence-electron chi connectivity index (χ3n) is 3.14. The molecule has 2 aromatic rings. The average Bonchev–Trinajstić information content (AvgIpc) is 2.43. The molecular weight excluding hydrogens is 288 g/mol. The highest BCUT2D eigenvalue weighted by Crippen LogP contribution is 2.27. The first-order valence-corrected chi connectivity index (χ1v) is 7.65.